The van der Waals surface area contributed by atoms with E-state index in [1.165, 1.54) is 6.08 Å². The van der Waals surface area contributed by atoms with Gasteiger partial charge in [-0.2, -0.15) is 5.10 Å². The highest BCUT2D eigenvalue weighted by molar-refractivity contribution is 7.13. The van der Waals surface area contributed by atoms with E-state index in [9.17, 15) is 9.59 Å². The van der Waals surface area contributed by atoms with E-state index < -0.39 is 12.1 Å². The lowest BCUT2D eigenvalue weighted by Gasteiger charge is -2.19. The Bertz CT molecular complexity index is 1040. The van der Waals surface area contributed by atoms with Crippen LogP contribution in [0.15, 0.2) is 60.1 Å². The first kappa shape index (κ1) is 20.1. The molecule has 3 heterocycles. The van der Waals surface area contributed by atoms with Crippen LogP contribution in [0.3, 0.4) is 0 Å². The molecular weight excluding hydrogens is 398 g/mol. The average Bonchev–Trinajstić information content (AvgIpc) is 3.53. The maximum absolute atomic E-state index is 12.3. The Morgan fingerprint density at radius 3 is 2.60 bits per heavy atom. The van der Waals surface area contributed by atoms with Crippen molar-refractivity contribution in [1.29, 1.82) is 0 Å². The molecule has 0 N–H and O–H groups in total. The van der Waals surface area contributed by atoms with Gasteiger partial charge in [-0.25, -0.2) is 9.48 Å². The Kier molecular flexibility index (Phi) is 6.09. The summed E-state index contributed by atoms with van der Waals surface area (Å²) in [6.45, 7) is 3.09. The van der Waals surface area contributed by atoms with Gasteiger partial charge in [-0.15, -0.1) is 11.3 Å². The minimum atomic E-state index is -0.788. The van der Waals surface area contributed by atoms with Crippen molar-refractivity contribution in [1.82, 2.24) is 14.7 Å². The maximum Gasteiger partial charge on any atom is 0.331 e. The van der Waals surface area contributed by atoms with Gasteiger partial charge in [-0.1, -0.05) is 24.3 Å². The molecule has 0 radical (unpaired) electrons. The number of ether oxygens (including phenoxy) is 1. The van der Waals surface area contributed by atoms with Gasteiger partial charge in [-0.3, -0.25) is 4.79 Å². The summed E-state index contributed by atoms with van der Waals surface area (Å²) >= 11 is 1.59. The van der Waals surface area contributed by atoms with Gasteiger partial charge in [0.15, 0.2) is 6.10 Å². The number of rotatable bonds is 6. The van der Waals surface area contributed by atoms with E-state index >= 15 is 0 Å². The molecule has 6 nitrogen and oxygen atoms in total. The van der Waals surface area contributed by atoms with Crippen molar-refractivity contribution in [2.75, 3.05) is 13.1 Å². The zero-order chi connectivity index (χ0) is 20.9. The van der Waals surface area contributed by atoms with E-state index in [0.29, 0.717) is 0 Å². The summed E-state index contributed by atoms with van der Waals surface area (Å²) in [5.74, 6) is -0.676. The Labute approximate surface area is 179 Å². The molecule has 154 valence electrons. The molecular formula is C23H23N3O3S. The summed E-state index contributed by atoms with van der Waals surface area (Å²) in [6.07, 6.45) is 6.15. The zero-order valence-corrected chi connectivity index (χ0v) is 17.5. The van der Waals surface area contributed by atoms with Crippen LogP contribution in [0.2, 0.25) is 0 Å². The van der Waals surface area contributed by atoms with Crippen LogP contribution >= 0.6 is 11.3 Å². The topological polar surface area (TPSA) is 64.4 Å². The highest BCUT2D eigenvalue weighted by atomic mass is 32.1. The van der Waals surface area contributed by atoms with Gasteiger partial charge in [0.2, 0.25) is 0 Å². The Morgan fingerprint density at radius 1 is 1.13 bits per heavy atom. The summed E-state index contributed by atoms with van der Waals surface area (Å²) in [4.78, 5) is 27.4. The van der Waals surface area contributed by atoms with Crippen molar-refractivity contribution in [2.45, 2.75) is 25.9 Å². The number of carbonyl (C=O) groups excluding carboxylic acids is 2. The van der Waals surface area contributed by atoms with Crippen LogP contribution in [-0.2, 0) is 14.3 Å². The third-order valence-corrected chi connectivity index (χ3v) is 5.85. The lowest BCUT2D eigenvalue weighted by Crippen LogP contribution is -2.37. The molecule has 2 aromatic heterocycles. The largest absolute Gasteiger partial charge is 0.449 e. The van der Waals surface area contributed by atoms with E-state index in [1.807, 2.05) is 54.0 Å². The first-order valence-corrected chi connectivity index (χ1v) is 10.9. The number of thiophene rings is 1. The van der Waals surface area contributed by atoms with Crippen molar-refractivity contribution in [3.05, 3.63) is 65.7 Å². The molecule has 1 saturated heterocycles. The molecule has 1 amide bonds. The number of nitrogens with zero attached hydrogens (tertiary/aromatic N) is 3. The van der Waals surface area contributed by atoms with Crippen LogP contribution in [0, 0.1) is 0 Å². The molecule has 1 aliphatic rings. The third-order valence-electron chi connectivity index (χ3n) is 4.98. The first-order valence-electron chi connectivity index (χ1n) is 9.98. The fraction of sp³-hybridized carbons (Fsp3) is 0.261. The van der Waals surface area contributed by atoms with Gasteiger partial charge < -0.3 is 9.64 Å². The zero-order valence-electron chi connectivity index (χ0n) is 16.7. The second-order valence-corrected chi connectivity index (χ2v) is 8.08. The van der Waals surface area contributed by atoms with E-state index in [-0.39, 0.29) is 5.91 Å². The van der Waals surface area contributed by atoms with Crippen LogP contribution in [0.1, 0.15) is 25.3 Å². The lowest BCUT2D eigenvalue weighted by molar-refractivity contribution is -0.154. The summed E-state index contributed by atoms with van der Waals surface area (Å²) in [6, 6.07) is 13.8. The minimum Gasteiger partial charge on any atom is -0.449 e. The van der Waals surface area contributed by atoms with Gasteiger partial charge >= 0.3 is 5.97 Å². The third kappa shape index (κ3) is 4.52. The van der Waals surface area contributed by atoms with E-state index in [1.54, 1.807) is 33.9 Å². The maximum atomic E-state index is 12.3. The highest BCUT2D eigenvalue weighted by Gasteiger charge is 2.25. The van der Waals surface area contributed by atoms with Crippen LogP contribution in [0.25, 0.3) is 22.3 Å². The summed E-state index contributed by atoms with van der Waals surface area (Å²) in [7, 11) is 0. The number of carbonyl (C=O) groups is 2. The normalized spacial score (nSPS) is 14.9. The molecule has 1 atom stereocenters. The number of para-hydroxylation sites is 1. The fourth-order valence-corrected chi connectivity index (χ4v) is 4.17. The molecule has 4 rings (SSSR count). The minimum absolute atomic E-state index is 0.134. The van der Waals surface area contributed by atoms with E-state index in [2.05, 4.69) is 0 Å². The lowest BCUT2D eigenvalue weighted by atomic mass is 10.2. The molecule has 0 bridgehead atoms. The number of hydrogen-bond acceptors (Lipinski definition) is 5. The monoisotopic (exact) mass is 421 g/mol. The predicted octanol–water partition coefficient (Wildman–Crippen LogP) is 4.17. The number of benzene rings is 1. The molecule has 30 heavy (non-hydrogen) atoms. The molecule has 0 saturated carbocycles. The van der Waals surface area contributed by atoms with Gasteiger partial charge in [0, 0.05) is 30.9 Å². The van der Waals surface area contributed by atoms with Gasteiger partial charge in [0.25, 0.3) is 5.91 Å². The summed E-state index contributed by atoms with van der Waals surface area (Å²) in [5, 5.41) is 6.70. The van der Waals surface area contributed by atoms with Crippen molar-refractivity contribution < 1.29 is 14.3 Å². The Hall–Kier alpha value is -3.19. The molecule has 3 aromatic rings. The van der Waals surface area contributed by atoms with Crippen LogP contribution in [0.5, 0.6) is 0 Å². The second kappa shape index (κ2) is 9.09. The quantitative estimate of drug-likeness (QED) is 0.443. The molecule has 1 aliphatic heterocycles. The van der Waals surface area contributed by atoms with E-state index in [4.69, 9.17) is 9.84 Å². The number of likely N-dealkylation sites (tertiary alicyclic amines) is 1. The number of esters is 1. The standard InChI is InChI=1S/C23H23N3O3S/c1-17(23(28)25-13-5-6-14-25)29-21(27)12-11-18-16-26(19-8-3-2-4-9-19)24-22(18)20-10-7-15-30-20/h2-4,7-12,15-17H,5-6,13-14H2,1H3/b12-11+. The number of aromatic nitrogens is 2. The smallest absolute Gasteiger partial charge is 0.331 e. The number of amides is 1. The molecule has 1 aromatic carbocycles. The van der Waals surface area contributed by atoms with Gasteiger partial charge in [0.1, 0.15) is 5.69 Å². The van der Waals surface area contributed by atoms with Crippen molar-refractivity contribution in [2.24, 2.45) is 0 Å². The van der Waals surface area contributed by atoms with Crippen LogP contribution in [-0.4, -0.2) is 45.8 Å². The first-order chi connectivity index (χ1) is 14.6. The summed E-state index contributed by atoms with van der Waals surface area (Å²) in [5.41, 5.74) is 2.53. The number of hydrogen-bond donors (Lipinski definition) is 0. The van der Waals surface area contributed by atoms with E-state index in [0.717, 1.165) is 47.8 Å². The highest BCUT2D eigenvalue weighted by Crippen LogP contribution is 2.28. The van der Waals surface area contributed by atoms with Crippen molar-refractivity contribution in [3.63, 3.8) is 0 Å². The molecule has 0 aliphatic carbocycles. The van der Waals surface area contributed by atoms with Crippen LogP contribution in [0.4, 0.5) is 0 Å². The molecule has 0 spiro atoms. The summed E-state index contributed by atoms with van der Waals surface area (Å²) < 4.78 is 7.12. The van der Waals surface area contributed by atoms with Crippen molar-refractivity contribution >= 4 is 29.3 Å². The predicted molar refractivity (Wildman–Crippen MR) is 117 cm³/mol. The van der Waals surface area contributed by atoms with Crippen molar-refractivity contribution in [3.8, 4) is 16.3 Å². The molecule has 7 heteroatoms. The molecule has 1 unspecified atom stereocenters. The fourth-order valence-electron chi connectivity index (χ4n) is 3.44. The second-order valence-electron chi connectivity index (χ2n) is 7.14. The molecule has 1 fully saturated rings. The Morgan fingerprint density at radius 2 is 1.90 bits per heavy atom. The average molecular weight is 422 g/mol. The SMILES string of the molecule is CC(OC(=O)/C=C/c1cn(-c2ccccc2)nc1-c1cccs1)C(=O)N1CCCC1. The van der Waals surface area contributed by atoms with Crippen LogP contribution < -0.4 is 0 Å². The van der Waals surface area contributed by atoms with Gasteiger partial charge in [-0.05, 0) is 49.4 Å². The Balaban J connectivity index is 1.51. The van der Waals surface area contributed by atoms with Gasteiger partial charge in [0.05, 0.1) is 10.6 Å².